The van der Waals surface area contributed by atoms with Gasteiger partial charge >= 0.3 is 0 Å². The predicted molar refractivity (Wildman–Crippen MR) is 88.7 cm³/mol. The molecule has 8 heteroatoms. The number of carbonyl (C=O) groups excluding carboxylic acids is 3. The van der Waals surface area contributed by atoms with E-state index < -0.39 is 11.6 Å². The van der Waals surface area contributed by atoms with Crippen molar-refractivity contribution in [3.8, 4) is 0 Å². The molecule has 1 N–H and O–H groups in total. The van der Waals surface area contributed by atoms with Crippen LogP contribution in [0.2, 0.25) is 0 Å². The molecule has 3 rings (SSSR count). The molecule has 3 aromatic rings. The van der Waals surface area contributed by atoms with Crippen LogP contribution < -0.4 is 0 Å². The summed E-state index contributed by atoms with van der Waals surface area (Å²) in [6.45, 7) is 1.52. The minimum absolute atomic E-state index is 0.0112. The maximum atomic E-state index is 11.9. The molecule has 2 heterocycles. The Morgan fingerprint density at radius 1 is 1.16 bits per heavy atom. The first-order valence-corrected chi connectivity index (χ1v) is 8.14. The first-order valence-electron chi connectivity index (χ1n) is 7.32. The van der Waals surface area contributed by atoms with Crippen LogP contribution in [0, 0.1) is 0 Å². The maximum absolute atomic E-state index is 11.9. The maximum Gasteiger partial charge on any atom is 0.265 e. The van der Waals surface area contributed by atoms with Gasteiger partial charge in [-0.3, -0.25) is 19.5 Å². The number of hydrogen-bond donors (Lipinski definition) is 1. The first kappa shape index (κ1) is 16.8. The Kier molecular flexibility index (Phi) is 4.90. The summed E-state index contributed by atoms with van der Waals surface area (Å²) in [6, 6.07) is 8.89. The molecule has 0 amide bonds. The van der Waals surface area contributed by atoms with Gasteiger partial charge in [-0.25, -0.2) is 4.98 Å². The summed E-state index contributed by atoms with van der Waals surface area (Å²) in [5.41, 5.74) is 0.647. The highest BCUT2D eigenvalue weighted by atomic mass is 32.2. The lowest BCUT2D eigenvalue weighted by Crippen LogP contribution is -2.17. The molecule has 0 saturated heterocycles. The summed E-state index contributed by atoms with van der Waals surface area (Å²) < 4.78 is 5.34. The lowest BCUT2D eigenvalue weighted by atomic mass is 10.1. The van der Waals surface area contributed by atoms with E-state index in [1.807, 2.05) is 12.1 Å². The zero-order valence-corrected chi connectivity index (χ0v) is 14.0. The molecule has 0 aliphatic carbocycles. The normalized spacial score (nSPS) is 10.6. The summed E-state index contributed by atoms with van der Waals surface area (Å²) in [5, 5.41) is 5.91. The SMILES string of the molecule is CC(=O)c1ccc(Sc2coc(CC(=O)C(=O)c3ncn[nH]3)c2)cc1. The van der Waals surface area contributed by atoms with Gasteiger partial charge in [-0.05, 0) is 25.1 Å². The van der Waals surface area contributed by atoms with E-state index in [0.29, 0.717) is 11.3 Å². The van der Waals surface area contributed by atoms with E-state index in [4.69, 9.17) is 4.42 Å². The number of aromatic amines is 1. The molecule has 25 heavy (non-hydrogen) atoms. The largest absolute Gasteiger partial charge is 0.468 e. The minimum Gasteiger partial charge on any atom is -0.468 e. The van der Waals surface area contributed by atoms with Crippen LogP contribution in [-0.4, -0.2) is 32.5 Å². The number of nitrogens with one attached hydrogen (secondary N) is 1. The molecule has 0 bridgehead atoms. The lowest BCUT2D eigenvalue weighted by Gasteiger charge is -1.99. The van der Waals surface area contributed by atoms with Crippen molar-refractivity contribution >= 4 is 29.1 Å². The van der Waals surface area contributed by atoms with Crippen LogP contribution in [-0.2, 0) is 11.2 Å². The van der Waals surface area contributed by atoms with E-state index in [-0.39, 0.29) is 18.0 Å². The molecule has 2 aromatic heterocycles. The summed E-state index contributed by atoms with van der Waals surface area (Å²) >= 11 is 1.43. The lowest BCUT2D eigenvalue weighted by molar-refractivity contribution is -0.114. The fraction of sp³-hybridized carbons (Fsp3) is 0.118. The Balaban J connectivity index is 1.63. The number of Topliss-reactive ketones (excluding diaryl/α,β-unsaturated/α-hetero) is 3. The fourth-order valence-electron chi connectivity index (χ4n) is 2.09. The van der Waals surface area contributed by atoms with Crippen LogP contribution in [0.5, 0.6) is 0 Å². The number of benzene rings is 1. The number of hydrogen-bond acceptors (Lipinski definition) is 7. The monoisotopic (exact) mass is 355 g/mol. The third kappa shape index (κ3) is 4.10. The van der Waals surface area contributed by atoms with Crippen LogP contribution in [0.25, 0.3) is 0 Å². The zero-order valence-electron chi connectivity index (χ0n) is 13.2. The van der Waals surface area contributed by atoms with E-state index in [1.54, 1.807) is 18.2 Å². The van der Waals surface area contributed by atoms with Gasteiger partial charge in [0.1, 0.15) is 18.4 Å². The van der Waals surface area contributed by atoms with Crippen molar-refractivity contribution in [2.75, 3.05) is 0 Å². The van der Waals surface area contributed by atoms with Crippen molar-refractivity contribution in [3.63, 3.8) is 0 Å². The zero-order chi connectivity index (χ0) is 17.8. The van der Waals surface area contributed by atoms with Gasteiger partial charge in [0.2, 0.25) is 5.78 Å². The van der Waals surface area contributed by atoms with E-state index in [9.17, 15) is 14.4 Å². The second-order valence-electron chi connectivity index (χ2n) is 5.19. The fourth-order valence-corrected chi connectivity index (χ4v) is 2.92. The highest BCUT2D eigenvalue weighted by Gasteiger charge is 2.20. The molecule has 1 aromatic carbocycles. The molecule has 0 unspecified atom stereocenters. The topological polar surface area (TPSA) is 106 Å². The van der Waals surface area contributed by atoms with Crippen LogP contribution in [0.1, 0.15) is 33.7 Å². The van der Waals surface area contributed by atoms with Crippen LogP contribution in [0.15, 0.2) is 57.1 Å². The van der Waals surface area contributed by atoms with E-state index in [0.717, 1.165) is 9.79 Å². The highest BCUT2D eigenvalue weighted by Crippen LogP contribution is 2.29. The number of aromatic nitrogens is 3. The Hall–Kier alpha value is -3.00. The third-order valence-corrected chi connectivity index (χ3v) is 4.30. The Morgan fingerprint density at radius 3 is 2.56 bits per heavy atom. The van der Waals surface area contributed by atoms with Gasteiger partial charge in [0, 0.05) is 10.5 Å². The number of ketones is 3. The minimum atomic E-state index is -0.733. The average Bonchev–Trinajstić information content (AvgIpc) is 3.27. The van der Waals surface area contributed by atoms with Gasteiger partial charge in [-0.15, -0.1) is 0 Å². The van der Waals surface area contributed by atoms with Gasteiger partial charge in [-0.2, -0.15) is 5.10 Å². The molecule has 0 spiro atoms. The van der Waals surface area contributed by atoms with Crippen molar-refractivity contribution in [3.05, 3.63) is 60.1 Å². The molecular formula is C17H13N3O4S. The van der Waals surface area contributed by atoms with E-state index in [1.165, 1.54) is 31.3 Å². The quantitative estimate of drug-likeness (QED) is 0.513. The summed E-state index contributed by atoms with van der Waals surface area (Å²) in [6.07, 6.45) is 2.54. The van der Waals surface area contributed by atoms with Crippen molar-refractivity contribution in [2.45, 2.75) is 23.1 Å². The Bertz CT molecular complexity index is 914. The van der Waals surface area contributed by atoms with Crippen molar-refractivity contribution in [2.24, 2.45) is 0 Å². The number of H-pyrrole nitrogens is 1. The molecule has 0 aliphatic rings. The summed E-state index contributed by atoms with van der Waals surface area (Å²) in [7, 11) is 0. The first-order chi connectivity index (χ1) is 12.0. The van der Waals surface area contributed by atoms with Gasteiger partial charge in [0.25, 0.3) is 5.78 Å². The number of rotatable bonds is 7. The highest BCUT2D eigenvalue weighted by molar-refractivity contribution is 7.99. The van der Waals surface area contributed by atoms with Gasteiger partial charge in [-0.1, -0.05) is 23.9 Å². The number of furan rings is 1. The van der Waals surface area contributed by atoms with Gasteiger partial charge in [0.15, 0.2) is 11.6 Å². The van der Waals surface area contributed by atoms with Crippen molar-refractivity contribution in [1.82, 2.24) is 15.2 Å². The average molecular weight is 355 g/mol. The van der Waals surface area contributed by atoms with E-state index >= 15 is 0 Å². The Labute approximate surface area is 146 Å². The number of nitrogens with zero attached hydrogens (tertiary/aromatic N) is 2. The predicted octanol–water partition coefficient (Wildman–Crippen LogP) is 2.75. The summed E-state index contributed by atoms with van der Waals surface area (Å²) in [4.78, 5) is 40.4. The van der Waals surface area contributed by atoms with Crippen molar-refractivity contribution < 1.29 is 18.8 Å². The molecule has 7 nitrogen and oxygen atoms in total. The second-order valence-corrected chi connectivity index (χ2v) is 6.34. The summed E-state index contributed by atoms with van der Waals surface area (Å²) in [5.74, 6) is -1.05. The van der Waals surface area contributed by atoms with Crippen LogP contribution in [0.3, 0.4) is 0 Å². The van der Waals surface area contributed by atoms with Crippen molar-refractivity contribution in [1.29, 1.82) is 0 Å². The van der Waals surface area contributed by atoms with E-state index in [2.05, 4.69) is 15.2 Å². The standard InChI is InChI=1S/C17H13N3O4S/c1-10(21)11-2-4-13(5-3-11)25-14-6-12(24-8-14)7-15(22)16(23)17-18-9-19-20-17/h2-6,8-9H,7H2,1H3,(H,18,19,20). The molecule has 0 fully saturated rings. The number of carbonyl (C=O) groups is 3. The smallest absolute Gasteiger partial charge is 0.265 e. The second kappa shape index (κ2) is 7.27. The van der Waals surface area contributed by atoms with Crippen LogP contribution in [0.4, 0.5) is 0 Å². The van der Waals surface area contributed by atoms with Gasteiger partial charge in [0.05, 0.1) is 11.3 Å². The molecule has 0 atom stereocenters. The molecular weight excluding hydrogens is 342 g/mol. The van der Waals surface area contributed by atoms with Gasteiger partial charge < -0.3 is 4.42 Å². The molecule has 0 saturated carbocycles. The third-order valence-electron chi connectivity index (χ3n) is 3.34. The molecule has 0 radical (unpaired) electrons. The molecule has 126 valence electrons. The molecule has 0 aliphatic heterocycles. The van der Waals surface area contributed by atoms with Crippen LogP contribution >= 0.6 is 11.8 Å². The Morgan fingerprint density at radius 2 is 1.92 bits per heavy atom.